The van der Waals surface area contributed by atoms with Gasteiger partial charge in [0.25, 0.3) is 0 Å². The molecule has 1 aliphatic rings. The molecule has 0 radical (unpaired) electrons. The zero-order chi connectivity index (χ0) is 18.7. The van der Waals surface area contributed by atoms with Crippen molar-refractivity contribution in [3.63, 3.8) is 0 Å². The van der Waals surface area contributed by atoms with E-state index in [-0.39, 0.29) is 17.9 Å². The van der Waals surface area contributed by atoms with E-state index >= 15 is 0 Å². The average molecular weight is 439 g/mol. The van der Waals surface area contributed by atoms with Crippen molar-refractivity contribution in [1.82, 2.24) is 4.98 Å². The van der Waals surface area contributed by atoms with Crippen molar-refractivity contribution in [2.75, 3.05) is 23.9 Å². The van der Waals surface area contributed by atoms with Gasteiger partial charge >= 0.3 is 0 Å². The van der Waals surface area contributed by atoms with Crippen LogP contribution >= 0.6 is 27.5 Å². The summed E-state index contributed by atoms with van der Waals surface area (Å²) in [7, 11) is 1.56. The third-order valence-electron chi connectivity index (χ3n) is 4.68. The highest BCUT2D eigenvalue weighted by Gasteiger charge is 2.31. The summed E-state index contributed by atoms with van der Waals surface area (Å²) in [6.07, 6.45) is 3.35. The number of methoxy groups -OCH3 is 1. The number of nitrogens with zero attached hydrogens (tertiary/aromatic N) is 2. The predicted octanol–water partition coefficient (Wildman–Crippen LogP) is 4.75. The monoisotopic (exact) mass is 437 g/mol. The van der Waals surface area contributed by atoms with Crippen molar-refractivity contribution in [2.24, 2.45) is 5.92 Å². The molecule has 5 nitrogen and oxygen atoms in total. The number of hydrogen-bond acceptors (Lipinski definition) is 4. The van der Waals surface area contributed by atoms with Crippen molar-refractivity contribution in [3.8, 4) is 5.75 Å². The fourth-order valence-corrected chi connectivity index (χ4v) is 4.04. The van der Waals surface area contributed by atoms with Crippen LogP contribution in [0.3, 0.4) is 0 Å². The molecule has 0 saturated carbocycles. The molecule has 0 aliphatic carbocycles. The molecule has 7 heteroatoms. The summed E-state index contributed by atoms with van der Waals surface area (Å²) in [6, 6.07) is 9.38. The van der Waals surface area contributed by atoms with E-state index in [9.17, 15) is 4.79 Å². The molecule has 1 aliphatic heterocycles. The van der Waals surface area contributed by atoms with Gasteiger partial charge in [-0.15, -0.1) is 0 Å². The molecule has 1 N–H and O–H groups in total. The largest absolute Gasteiger partial charge is 0.495 e. The zero-order valence-electron chi connectivity index (χ0n) is 14.7. The SMILES string of the molecule is COc1ccc(NC(=O)C2CCN(c3ncccc3Br)C(C)C2)cc1Cl. The van der Waals surface area contributed by atoms with Gasteiger partial charge < -0.3 is 15.0 Å². The Hall–Kier alpha value is -1.79. The third kappa shape index (κ3) is 4.13. The molecule has 2 aromatic rings. The van der Waals surface area contributed by atoms with Crippen LogP contribution in [0.25, 0.3) is 0 Å². The van der Waals surface area contributed by atoms with Gasteiger partial charge in [0.05, 0.1) is 16.6 Å². The standard InChI is InChI=1S/C19H21BrClN3O2/c1-12-10-13(7-9-24(12)18-15(20)4-3-8-22-18)19(25)23-14-5-6-17(26-2)16(21)11-14/h3-6,8,11-13H,7,9-10H2,1-2H3,(H,23,25). The van der Waals surface area contributed by atoms with Crippen LogP contribution in [0.15, 0.2) is 41.0 Å². The molecule has 1 fully saturated rings. The highest BCUT2D eigenvalue weighted by Crippen LogP contribution is 2.32. The van der Waals surface area contributed by atoms with Crippen LogP contribution in [0.1, 0.15) is 19.8 Å². The summed E-state index contributed by atoms with van der Waals surface area (Å²) in [6.45, 7) is 2.92. The topological polar surface area (TPSA) is 54.5 Å². The highest BCUT2D eigenvalue weighted by molar-refractivity contribution is 9.10. The lowest BCUT2D eigenvalue weighted by Gasteiger charge is -2.38. The molecule has 1 aromatic heterocycles. The lowest BCUT2D eigenvalue weighted by molar-refractivity contribution is -0.120. The van der Waals surface area contributed by atoms with Crippen molar-refractivity contribution in [2.45, 2.75) is 25.8 Å². The maximum atomic E-state index is 12.7. The maximum absolute atomic E-state index is 12.7. The molecule has 1 aromatic carbocycles. The van der Waals surface area contributed by atoms with Crippen LogP contribution in [-0.2, 0) is 4.79 Å². The quantitative estimate of drug-likeness (QED) is 0.748. The number of anilines is 2. The van der Waals surface area contributed by atoms with E-state index in [0.29, 0.717) is 16.5 Å². The summed E-state index contributed by atoms with van der Waals surface area (Å²) in [4.78, 5) is 19.4. The highest BCUT2D eigenvalue weighted by atomic mass is 79.9. The van der Waals surface area contributed by atoms with Gasteiger partial charge in [0.1, 0.15) is 11.6 Å². The van der Waals surface area contributed by atoms with Crippen molar-refractivity contribution >= 4 is 44.9 Å². The van der Waals surface area contributed by atoms with Crippen molar-refractivity contribution in [1.29, 1.82) is 0 Å². The first-order chi connectivity index (χ1) is 12.5. The molecule has 138 valence electrons. The first-order valence-electron chi connectivity index (χ1n) is 8.51. The minimum Gasteiger partial charge on any atom is -0.495 e. The van der Waals surface area contributed by atoms with E-state index in [0.717, 1.165) is 29.7 Å². The van der Waals surface area contributed by atoms with Gasteiger partial charge in [-0.2, -0.15) is 0 Å². The number of aromatic nitrogens is 1. The Balaban J connectivity index is 1.64. The van der Waals surface area contributed by atoms with Gasteiger partial charge in [-0.05, 0) is 66.0 Å². The van der Waals surface area contributed by atoms with Crippen molar-refractivity contribution < 1.29 is 9.53 Å². The van der Waals surface area contributed by atoms with E-state index in [1.165, 1.54) is 0 Å². The molecule has 26 heavy (non-hydrogen) atoms. The van der Waals surface area contributed by atoms with Gasteiger partial charge in [0.2, 0.25) is 5.91 Å². The molecular weight excluding hydrogens is 418 g/mol. The third-order valence-corrected chi connectivity index (χ3v) is 5.59. The Kier molecular flexibility index (Phi) is 6.04. The Morgan fingerprint density at radius 3 is 2.88 bits per heavy atom. The summed E-state index contributed by atoms with van der Waals surface area (Å²) in [5.41, 5.74) is 0.684. The number of pyridine rings is 1. The van der Waals surface area contributed by atoms with Gasteiger partial charge in [0.15, 0.2) is 0 Å². The summed E-state index contributed by atoms with van der Waals surface area (Å²) in [5.74, 6) is 1.51. The number of hydrogen-bond donors (Lipinski definition) is 1. The van der Waals surface area contributed by atoms with Crippen LogP contribution in [0.2, 0.25) is 5.02 Å². The number of carbonyl (C=O) groups is 1. The summed E-state index contributed by atoms with van der Waals surface area (Å²) < 4.78 is 6.11. The lowest BCUT2D eigenvalue weighted by atomic mass is 9.90. The van der Waals surface area contributed by atoms with Gasteiger partial charge in [-0.25, -0.2) is 4.98 Å². The van der Waals surface area contributed by atoms with Crippen LogP contribution in [-0.4, -0.2) is 30.6 Å². The van der Waals surface area contributed by atoms with Crippen LogP contribution in [0.4, 0.5) is 11.5 Å². The second kappa shape index (κ2) is 8.27. The van der Waals surface area contributed by atoms with Crippen molar-refractivity contribution in [3.05, 3.63) is 46.0 Å². The number of benzene rings is 1. The second-order valence-electron chi connectivity index (χ2n) is 6.41. The number of ether oxygens (including phenoxy) is 1. The van der Waals surface area contributed by atoms with E-state index in [1.54, 1.807) is 31.5 Å². The first kappa shape index (κ1) is 19.0. The fourth-order valence-electron chi connectivity index (χ4n) is 3.30. The number of nitrogens with one attached hydrogen (secondary N) is 1. The number of amides is 1. The number of carbonyl (C=O) groups excluding carboxylic acids is 1. The normalized spacial score (nSPS) is 19.9. The van der Waals surface area contributed by atoms with E-state index in [2.05, 4.69) is 38.1 Å². The summed E-state index contributed by atoms with van der Waals surface area (Å²) in [5, 5.41) is 3.45. The summed E-state index contributed by atoms with van der Waals surface area (Å²) >= 11 is 9.69. The van der Waals surface area contributed by atoms with E-state index in [1.807, 2.05) is 12.1 Å². The molecule has 0 bridgehead atoms. The minimum absolute atomic E-state index is 0.0258. The van der Waals surface area contributed by atoms with E-state index < -0.39 is 0 Å². The number of piperidine rings is 1. The molecule has 0 spiro atoms. The minimum atomic E-state index is -0.0374. The van der Waals surface area contributed by atoms with Crippen LogP contribution < -0.4 is 15.0 Å². The van der Waals surface area contributed by atoms with Crippen LogP contribution in [0, 0.1) is 5.92 Å². The molecule has 2 heterocycles. The molecule has 2 atom stereocenters. The molecule has 2 unspecified atom stereocenters. The lowest BCUT2D eigenvalue weighted by Crippen LogP contribution is -2.44. The fraction of sp³-hybridized carbons (Fsp3) is 0.368. The number of halogens is 2. The Morgan fingerprint density at radius 1 is 1.42 bits per heavy atom. The molecule has 1 saturated heterocycles. The zero-order valence-corrected chi connectivity index (χ0v) is 17.0. The van der Waals surface area contributed by atoms with Gasteiger partial charge in [-0.1, -0.05) is 11.6 Å². The number of rotatable bonds is 4. The van der Waals surface area contributed by atoms with E-state index in [4.69, 9.17) is 16.3 Å². The van der Waals surface area contributed by atoms with Gasteiger partial charge in [0, 0.05) is 30.4 Å². The predicted molar refractivity (Wildman–Crippen MR) is 108 cm³/mol. The Bertz CT molecular complexity index is 802. The second-order valence-corrected chi connectivity index (χ2v) is 7.67. The maximum Gasteiger partial charge on any atom is 0.227 e. The molecule has 1 amide bonds. The first-order valence-corrected chi connectivity index (χ1v) is 9.68. The molecule has 3 rings (SSSR count). The average Bonchev–Trinajstić information content (AvgIpc) is 2.62. The molecular formula is C19H21BrClN3O2. The smallest absolute Gasteiger partial charge is 0.227 e. The van der Waals surface area contributed by atoms with Gasteiger partial charge in [-0.3, -0.25) is 4.79 Å². The Labute approximate surface area is 166 Å². The van der Waals surface area contributed by atoms with Crippen LogP contribution in [0.5, 0.6) is 5.75 Å². The Morgan fingerprint density at radius 2 is 2.23 bits per heavy atom.